The highest BCUT2D eigenvalue weighted by atomic mass is 16.5. The van der Waals surface area contributed by atoms with Crippen LogP contribution < -0.4 is 15.8 Å². The molecule has 2 rings (SSSR count). The van der Waals surface area contributed by atoms with Crippen LogP contribution in [-0.4, -0.2) is 24.6 Å². The molecule has 0 aromatic heterocycles. The summed E-state index contributed by atoms with van der Waals surface area (Å²) >= 11 is 0. The summed E-state index contributed by atoms with van der Waals surface area (Å²) in [5, 5.41) is 3.00. The maximum absolute atomic E-state index is 11.7. The molecule has 0 radical (unpaired) electrons. The van der Waals surface area contributed by atoms with Gasteiger partial charge in [0.05, 0.1) is 6.61 Å². The van der Waals surface area contributed by atoms with Gasteiger partial charge in [-0.1, -0.05) is 18.2 Å². The Hall–Kier alpha value is -1.55. The van der Waals surface area contributed by atoms with E-state index in [4.69, 9.17) is 10.5 Å². The van der Waals surface area contributed by atoms with E-state index in [1.165, 1.54) is 5.56 Å². The van der Waals surface area contributed by atoms with E-state index in [2.05, 4.69) is 11.4 Å². The van der Waals surface area contributed by atoms with Crippen LogP contribution in [0, 0.1) is 0 Å². The van der Waals surface area contributed by atoms with Gasteiger partial charge in [-0.25, -0.2) is 0 Å². The number of carbonyl (C=O) groups excluding carboxylic acids is 1. The van der Waals surface area contributed by atoms with Crippen molar-refractivity contribution in [1.82, 2.24) is 5.32 Å². The lowest BCUT2D eigenvalue weighted by Crippen LogP contribution is -2.39. The highest BCUT2D eigenvalue weighted by Gasteiger charge is 2.29. The Morgan fingerprint density at radius 2 is 2.22 bits per heavy atom. The van der Waals surface area contributed by atoms with Crippen LogP contribution in [0.5, 0.6) is 5.75 Å². The van der Waals surface area contributed by atoms with E-state index in [0.717, 1.165) is 5.75 Å². The average molecular weight is 248 g/mol. The van der Waals surface area contributed by atoms with Gasteiger partial charge in [0.1, 0.15) is 5.75 Å². The van der Waals surface area contributed by atoms with E-state index in [1.54, 1.807) is 0 Å². The largest absolute Gasteiger partial charge is 0.493 e. The Bertz CT molecular complexity index is 432. The van der Waals surface area contributed by atoms with Gasteiger partial charge in [-0.3, -0.25) is 4.79 Å². The van der Waals surface area contributed by atoms with Gasteiger partial charge >= 0.3 is 0 Å². The first kappa shape index (κ1) is 12.9. The molecule has 1 aromatic rings. The molecule has 4 heteroatoms. The van der Waals surface area contributed by atoms with E-state index in [0.29, 0.717) is 13.0 Å². The number of fused-ring (bicyclic) bond motifs is 1. The molecule has 1 amide bonds. The predicted octanol–water partition coefficient (Wildman–Crippen LogP) is 1.40. The van der Waals surface area contributed by atoms with Crippen molar-refractivity contribution >= 4 is 5.91 Å². The van der Waals surface area contributed by atoms with E-state index < -0.39 is 0 Å². The molecular weight excluding hydrogens is 228 g/mol. The number of carbonyl (C=O) groups is 1. The Morgan fingerprint density at radius 3 is 2.94 bits per heavy atom. The molecule has 1 heterocycles. The fourth-order valence-corrected chi connectivity index (χ4v) is 2.31. The third-order valence-electron chi connectivity index (χ3n) is 3.24. The lowest BCUT2D eigenvalue weighted by Gasteiger charge is -2.20. The first-order valence-electron chi connectivity index (χ1n) is 6.34. The molecule has 3 atom stereocenters. The number of amides is 1. The van der Waals surface area contributed by atoms with E-state index in [9.17, 15) is 4.79 Å². The lowest BCUT2D eigenvalue weighted by molar-refractivity contribution is -0.122. The normalized spacial score (nSPS) is 20.7. The maximum Gasteiger partial charge on any atom is 0.221 e. The van der Waals surface area contributed by atoms with Gasteiger partial charge in [0.25, 0.3) is 0 Å². The molecule has 0 bridgehead atoms. The zero-order chi connectivity index (χ0) is 13.1. The fourth-order valence-electron chi connectivity index (χ4n) is 2.31. The number of rotatable bonds is 4. The molecule has 0 saturated heterocycles. The summed E-state index contributed by atoms with van der Waals surface area (Å²) in [6.07, 6.45) is 0.361. The molecule has 98 valence electrons. The number of ether oxygens (including phenoxy) is 1. The first-order chi connectivity index (χ1) is 8.58. The van der Waals surface area contributed by atoms with Gasteiger partial charge in [-0.15, -0.1) is 0 Å². The van der Waals surface area contributed by atoms with Crippen molar-refractivity contribution in [3.63, 3.8) is 0 Å². The number of hydrogen-bond donors (Lipinski definition) is 2. The number of hydrogen-bond acceptors (Lipinski definition) is 3. The third-order valence-corrected chi connectivity index (χ3v) is 3.24. The summed E-state index contributed by atoms with van der Waals surface area (Å²) in [6, 6.07) is 7.93. The minimum atomic E-state index is -0.107. The minimum absolute atomic E-state index is 0.00174. The smallest absolute Gasteiger partial charge is 0.221 e. The summed E-state index contributed by atoms with van der Waals surface area (Å²) in [7, 11) is 0. The predicted molar refractivity (Wildman–Crippen MR) is 70.5 cm³/mol. The summed E-state index contributed by atoms with van der Waals surface area (Å²) in [5.41, 5.74) is 6.79. The molecule has 0 fully saturated rings. The zero-order valence-corrected chi connectivity index (χ0v) is 10.8. The van der Waals surface area contributed by atoms with Crippen LogP contribution in [0.4, 0.5) is 0 Å². The third kappa shape index (κ3) is 2.82. The molecule has 3 unspecified atom stereocenters. The fraction of sp³-hybridized carbons (Fsp3) is 0.500. The second-order valence-corrected chi connectivity index (χ2v) is 4.99. The zero-order valence-electron chi connectivity index (χ0n) is 10.8. The van der Waals surface area contributed by atoms with Crippen LogP contribution in [0.15, 0.2) is 24.3 Å². The van der Waals surface area contributed by atoms with Gasteiger partial charge in [-0.05, 0) is 19.9 Å². The van der Waals surface area contributed by atoms with Gasteiger partial charge in [0, 0.05) is 30.0 Å². The molecule has 18 heavy (non-hydrogen) atoms. The van der Waals surface area contributed by atoms with Crippen LogP contribution in [0.1, 0.15) is 31.7 Å². The molecule has 1 aliphatic heterocycles. The first-order valence-corrected chi connectivity index (χ1v) is 6.34. The average Bonchev–Trinajstić information content (AvgIpc) is 2.71. The highest BCUT2D eigenvalue weighted by Crippen LogP contribution is 2.35. The number of benzene rings is 1. The molecule has 1 aliphatic rings. The van der Waals surface area contributed by atoms with E-state index in [-0.39, 0.29) is 23.9 Å². The highest BCUT2D eigenvalue weighted by molar-refractivity contribution is 5.77. The topological polar surface area (TPSA) is 64.4 Å². The van der Waals surface area contributed by atoms with Crippen molar-refractivity contribution in [3.8, 4) is 5.75 Å². The minimum Gasteiger partial charge on any atom is -0.493 e. The molecule has 0 saturated carbocycles. The summed E-state index contributed by atoms with van der Waals surface area (Å²) in [5.74, 6) is 1.15. The summed E-state index contributed by atoms with van der Waals surface area (Å²) in [4.78, 5) is 11.7. The van der Waals surface area contributed by atoms with Gasteiger partial charge < -0.3 is 15.8 Å². The van der Waals surface area contributed by atoms with Crippen LogP contribution in [0.3, 0.4) is 0 Å². The van der Waals surface area contributed by atoms with E-state index >= 15 is 0 Å². The van der Waals surface area contributed by atoms with Crippen molar-refractivity contribution in [2.24, 2.45) is 5.73 Å². The quantitative estimate of drug-likeness (QED) is 0.846. The van der Waals surface area contributed by atoms with Crippen LogP contribution >= 0.6 is 0 Å². The molecule has 0 spiro atoms. The van der Waals surface area contributed by atoms with Crippen LogP contribution in [0.25, 0.3) is 0 Å². The second kappa shape index (κ2) is 5.40. The van der Waals surface area contributed by atoms with Crippen molar-refractivity contribution in [2.75, 3.05) is 6.61 Å². The SMILES string of the molecule is CC(N)CC(=O)NC(C)C1COc2ccccc21. The van der Waals surface area contributed by atoms with Crippen molar-refractivity contribution in [3.05, 3.63) is 29.8 Å². The van der Waals surface area contributed by atoms with Gasteiger partial charge in [-0.2, -0.15) is 0 Å². The Balaban J connectivity index is 1.99. The standard InChI is InChI=1S/C14H20N2O2/c1-9(15)7-14(17)16-10(2)12-8-18-13-6-4-3-5-11(12)13/h3-6,9-10,12H,7-8,15H2,1-2H3,(H,16,17). The van der Waals surface area contributed by atoms with Gasteiger partial charge in [0.15, 0.2) is 0 Å². The van der Waals surface area contributed by atoms with Gasteiger partial charge in [0.2, 0.25) is 5.91 Å². The molecular formula is C14H20N2O2. The Kier molecular flexibility index (Phi) is 3.87. The van der Waals surface area contributed by atoms with E-state index in [1.807, 2.05) is 32.0 Å². The molecule has 4 nitrogen and oxygen atoms in total. The monoisotopic (exact) mass is 248 g/mol. The lowest BCUT2D eigenvalue weighted by atomic mass is 9.94. The molecule has 1 aromatic carbocycles. The van der Waals surface area contributed by atoms with Crippen LogP contribution in [-0.2, 0) is 4.79 Å². The molecule has 3 N–H and O–H groups in total. The maximum atomic E-state index is 11.7. The molecule has 0 aliphatic carbocycles. The Morgan fingerprint density at radius 1 is 1.50 bits per heavy atom. The number of nitrogens with one attached hydrogen (secondary N) is 1. The number of para-hydroxylation sites is 1. The summed E-state index contributed by atoms with van der Waals surface area (Å²) in [6.45, 7) is 4.46. The van der Waals surface area contributed by atoms with Crippen LogP contribution in [0.2, 0.25) is 0 Å². The van der Waals surface area contributed by atoms with Crippen molar-refractivity contribution in [1.29, 1.82) is 0 Å². The van der Waals surface area contributed by atoms with Crippen molar-refractivity contribution in [2.45, 2.75) is 38.3 Å². The summed E-state index contributed by atoms with van der Waals surface area (Å²) < 4.78 is 5.62. The number of nitrogens with two attached hydrogens (primary N) is 1. The van der Waals surface area contributed by atoms with Crippen molar-refractivity contribution < 1.29 is 9.53 Å². The second-order valence-electron chi connectivity index (χ2n) is 4.99. The Labute approximate surface area is 108 Å².